The fourth-order valence-electron chi connectivity index (χ4n) is 5.81. The molecule has 9 nitrogen and oxygen atoms in total. The number of amides is 1. The third-order valence-corrected chi connectivity index (χ3v) is 7.73. The highest BCUT2D eigenvalue weighted by atomic mass is 19.4. The van der Waals surface area contributed by atoms with Crippen LogP contribution in [0, 0.1) is 12.7 Å². The first kappa shape index (κ1) is 28.2. The van der Waals surface area contributed by atoms with Gasteiger partial charge in [-0.2, -0.15) is 13.2 Å². The van der Waals surface area contributed by atoms with Crippen molar-refractivity contribution in [3.63, 3.8) is 0 Å². The highest BCUT2D eigenvalue weighted by Crippen LogP contribution is 2.37. The molecule has 0 bridgehead atoms. The molecule has 0 aliphatic carbocycles. The van der Waals surface area contributed by atoms with Gasteiger partial charge in [-0.15, -0.1) is 5.10 Å². The molecular formula is C30H27F4N7O2. The van der Waals surface area contributed by atoms with Crippen molar-refractivity contribution >= 4 is 17.4 Å². The lowest BCUT2D eigenvalue weighted by Gasteiger charge is -2.26. The maximum Gasteiger partial charge on any atom is 0.435 e. The molecule has 3 aromatic heterocycles. The maximum absolute atomic E-state index is 14.3. The number of carbonyl (C=O) groups is 1. The van der Waals surface area contributed by atoms with Gasteiger partial charge in [0.05, 0.1) is 23.6 Å². The second-order valence-electron chi connectivity index (χ2n) is 10.4. The molecule has 1 N–H and O–H groups in total. The van der Waals surface area contributed by atoms with E-state index in [4.69, 9.17) is 0 Å². The number of halogens is 4. The number of carbonyl (C=O) groups excluding carboxylic acids is 1. The van der Waals surface area contributed by atoms with E-state index in [-0.39, 0.29) is 23.6 Å². The third kappa shape index (κ3) is 5.04. The van der Waals surface area contributed by atoms with Crippen LogP contribution in [-0.4, -0.2) is 42.5 Å². The van der Waals surface area contributed by atoms with Gasteiger partial charge in [0.2, 0.25) is 0 Å². The Labute approximate surface area is 243 Å². The summed E-state index contributed by atoms with van der Waals surface area (Å²) in [5.41, 5.74) is 0.214. The van der Waals surface area contributed by atoms with E-state index < -0.39 is 41.2 Å². The van der Waals surface area contributed by atoms with Crippen LogP contribution in [0.4, 0.5) is 23.4 Å². The molecule has 0 saturated carbocycles. The number of nitrogens with one attached hydrogen (secondary N) is 1. The lowest BCUT2D eigenvalue weighted by atomic mass is 10.0. The summed E-state index contributed by atoms with van der Waals surface area (Å²) in [5, 5.41) is 7.19. The molecule has 13 heteroatoms. The number of imidazole rings is 1. The predicted octanol–water partition coefficient (Wildman–Crippen LogP) is 4.92. The van der Waals surface area contributed by atoms with E-state index in [1.807, 2.05) is 13.0 Å². The van der Waals surface area contributed by atoms with E-state index >= 15 is 0 Å². The number of benzene rings is 2. The van der Waals surface area contributed by atoms with Crippen molar-refractivity contribution in [3.8, 4) is 5.69 Å². The van der Waals surface area contributed by atoms with Gasteiger partial charge in [-0.05, 0) is 62.2 Å². The summed E-state index contributed by atoms with van der Waals surface area (Å²) in [4.78, 5) is 32.7. The summed E-state index contributed by atoms with van der Waals surface area (Å²) in [7, 11) is 0. The molecule has 1 amide bonds. The molecule has 2 atom stereocenters. The standard InChI is InChI=1S/C30H27F4N7O2/c1-3-39-18(2)27(29(43)41(39)22-10-5-4-6-11-22)28(42)36-21-15-23(19-8-7-9-20(31)14-19)38(17-21)26-13-12-25-35-16-24(30(32,33)34)40(25)37-26/h4-14,16,21,23H,3,15,17H2,1-2H3,(H,36,42)/t21-,23+/m0/s1. The maximum atomic E-state index is 14.3. The van der Waals surface area contributed by atoms with Gasteiger partial charge < -0.3 is 10.2 Å². The number of hydrogen-bond acceptors (Lipinski definition) is 5. The van der Waals surface area contributed by atoms with Crippen LogP contribution >= 0.6 is 0 Å². The van der Waals surface area contributed by atoms with Crippen LogP contribution in [0.25, 0.3) is 11.3 Å². The van der Waals surface area contributed by atoms with Gasteiger partial charge in [-0.3, -0.25) is 14.3 Å². The minimum Gasteiger partial charge on any atom is -0.347 e. The van der Waals surface area contributed by atoms with Crippen LogP contribution in [0.5, 0.6) is 0 Å². The second kappa shape index (κ2) is 10.7. The summed E-state index contributed by atoms with van der Waals surface area (Å²) in [6.45, 7) is 4.19. The van der Waals surface area contributed by atoms with Crippen LogP contribution in [0.15, 0.2) is 77.7 Å². The molecule has 0 unspecified atom stereocenters. The zero-order valence-electron chi connectivity index (χ0n) is 23.2. The number of anilines is 1. The SMILES string of the molecule is CCn1c(C)c(C(=O)N[C@H]2C[C@H](c3cccc(F)c3)N(c3ccc4ncc(C(F)(F)F)n4n3)C2)c(=O)n1-c1ccccc1. The largest absolute Gasteiger partial charge is 0.435 e. The van der Waals surface area contributed by atoms with Crippen molar-refractivity contribution in [1.29, 1.82) is 0 Å². The molecule has 2 aromatic carbocycles. The summed E-state index contributed by atoms with van der Waals surface area (Å²) in [6, 6.07) is 16.8. The summed E-state index contributed by atoms with van der Waals surface area (Å²) < 4.78 is 59.0. The van der Waals surface area contributed by atoms with Crippen molar-refractivity contribution in [2.24, 2.45) is 0 Å². The Morgan fingerprint density at radius 1 is 1.07 bits per heavy atom. The van der Waals surface area contributed by atoms with Crippen molar-refractivity contribution in [1.82, 2.24) is 29.3 Å². The van der Waals surface area contributed by atoms with E-state index in [1.165, 1.54) is 22.9 Å². The first-order valence-electron chi connectivity index (χ1n) is 13.7. The smallest absolute Gasteiger partial charge is 0.347 e. The number of nitrogens with zero attached hydrogens (tertiary/aromatic N) is 6. The molecule has 1 aliphatic rings. The van der Waals surface area contributed by atoms with Crippen LogP contribution in [0.3, 0.4) is 0 Å². The molecular weight excluding hydrogens is 566 g/mol. The molecule has 4 heterocycles. The molecule has 1 saturated heterocycles. The number of aromatic nitrogens is 5. The highest BCUT2D eigenvalue weighted by molar-refractivity contribution is 5.95. The van der Waals surface area contributed by atoms with E-state index in [2.05, 4.69) is 15.4 Å². The van der Waals surface area contributed by atoms with E-state index in [1.54, 1.807) is 59.0 Å². The van der Waals surface area contributed by atoms with Gasteiger partial charge in [-0.1, -0.05) is 30.3 Å². The fraction of sp³-hybridized carbons (Fsp3) is 0.267. The Morgan fingerprint density at radius 3 is 2.53 bits per heavy atom. The summed E-state index contributed by atoms with van der Waals surface area (Å²) >= 11 is 0. The van der Waals surface area contributed by atoms with Gasteiger partial charge in [-0.25, -0.2) is 18.6 Å². The molecule has 0 radical (unpaired) electrons. The lowest BCUT2D eigenvalue weighted by molar-refractivity contribution is -0.142. The van der Waals surface area contributed by atoms with E-state index in [9.17, 15) is 27.2 Å². The third-order valence-electron chi connectivity index (χ3n) is 7.73. The number of fused-ring (bicyclic) bond motifs is 1. The van der Waals surface area contributed by atoms with Crippen LogP contribution in [-0.2, 0) is 12.7 Å². The first-order chi connectivity index (χ1) is 20.6. The monoisotopic (exact) mass is 593 g/mol. The quantitative estimate of drug-likeness (QED) is 0.283. The van der Waals surface area contributed by atoms with Crippen molar-refractivity contribution < 1.29 is 22.4 Å². The Kier molecular flexibility index (Phi) is 7.03. The summed E-state index contributed by atoms with van der Waals surface area (Å²) in [5.74, 6) is -0.844. The fourth-order valence-corrected chi connectivity index (χ4v) is 5.81. The van der Waals surface area contributed by atoms with Crippen molar-refractivity contribution in [3.05, 3.63) is 112 Å². The van der Waals surface area contributed by atoms with Crippen LogP contribution in [0.2, 0.25) is 0 Å². The molecule has 1 fully saturated rings. The average molecular weight is 594 g/mol. The summed E-state index contributed by atoms with van der Waals surface area (Å²) in [6.07, 6.45) is -3.66. The zero-order valence-corrected chi connectivity index (χ0v) is 23.2. The topological polar surface area (TPSA) is 89.5 Å². The van der Waals surface area contributed by atoms with Gasteiger partial charge >= 0.3 is 6.18 Å². The number of para-hydroxylation sites is 1. The molecule has 1 aliphatic heterocycles. The minimum atomic E-state index is -4.67. The molecule has 6 rings (SSSR count). The molecule has 43 heavy (non-hydrogen) atoms. The van der Waals surface area contributed by atoms with E-state index in [0.29, 0.717) is 29.9 Å². The predicted molar refractivity (Wildman–Crippen MR) is 151 cm³/mol. The normalized spacial score (nSPS) is 17.1. The minimum absolute atomic E-state index is 0.000706. The Hall–Kier alpha value is -4.94. The molecule has 222 valence electrons. The number of hydrogen-bond donors (Lipinski definition) is 1. The average Bonchev–Trinajstić information content (AvgIpc) is 3.66. The molecule has 0 spiro atoms. The van der Waals surface area contributed by atoms with Crippen LogP contribution < -0.4 is 15.8 Å². The number of alkyl halides is 3. The van der Waals surface area contributed by atoms with Gasteiger partial charge in [0, 0.05) is 19.1 Å². The van der Waals surface area contributed by atoms with Gasteiger partial charge in [0.25, 0.3) is 11.5 Å². The van der Waals surface area contributed by atoms with Gasteiger partial charge in [0.15, 0.2) is 11.3 Å². The first-order valence-corrected chi connectivity index (χ1v) is 13.7. The Bertz CT molecular complexity index is 1880. The Morgan fingerprint density at radius 2 is 1.84 bits per heavy atom. The lowest BCUT2D eigenvalue weighted by Crippen LogP contribution is -2.39. The van der Waals surface area contributed by atoms with E-state index in [0.717, 1.165) is 10.7 Å². The van der Waals surface area contributed by atoms with Crippen molar-refractivity contribution in [2.75, 3.05) is 11.4 Å². The Balaban J connectivity index is 1.35. The number of rotatable bonds is 6. The molecule has 5 aromatic rings. The zero-order chi connectivity index (χ0) is 30.5. The van der Waals surface area contributed by atoms with Crippen molar-refractivity contribution in [2.45, 2.75) is 45.1 Å². The van der Waals surface area contributed by atoms with Gasteiger partial charge in [0.1, 0.15) is 17.2 Å². The highest BCUT2D eigenvalue weighted by Gasteiger charge is 2.38. The van der Waals surface area contributed by atoms with Crippen LogP contribution in [0.1, 0.15) is 46.7 Å². The second-order valence-corrected chi connectivity index (χ2v) is 10.4.